The third kappa shape index (κ3) is 5.34. The van der Waals surface area contributed by atoms with Gasteiger partial charge in [-0.05, 0) is 40.0 Å². The molecular weight excluding hydrogens is 230 g/mol. The van der Waals surface area contributed by atoms with Gasteiger partial charge < -0.3 is 14.8 Å². The summed E-state index contributed by atoms with van der Waals surface area (Å²) in [5.74, 6) is -0.158. The maximum absolute atomic E-state index is 11.7. The molecule has 0 aromatic rings. The molecule has 0 radical (unpaired) electrons. The fourth-order valence-corrected chi connectivity index (χ4v) is 1.96. The van der Waals surface area contributed by atoms with Crippen LogP contribution in [0.1, 0.15) is 46.5 Å². The van der Waals surface area contributed by atoms with Crippen molar-refractivity contribution >= 4 is 12.4 Å². The van der Waals surface area contributed by atoms with Gasteiger partial charge in [-0.15, -0.1) is 0 Å². The highest BCUT2D eigenvalue weighted by molar-refractivity contribution is 5.69. The van der Waals surface area contributed by atoms with Crippen LogP contribution >= 0.6 is 0 Å². The normalized spacial score (nSPS) is 24.8. The van der Waals surface area contributed by atoms with Gasteiger partial charge in [0.05, 0.1) is 6.04 Å². The monoisotopic (exact) mass is 253 g/mol. The molecule has 0 fully saturated rings. The Kier molecular flexibility index (Phi) is 5.38. The van der Waals surface area contributed by atoms with E-state index < -0.39 is 11.7 Å². The van der Waals surface area contributed by atoms with Crippen LogP contribution in [0.4, 0.5) is 4.79 Å². The predicted octanol–water partition coefficient (Wildman–Crippen LogP) is 2.83. The zero-order valence-electron chi connectivity index (χ0n) is 11.4. The van der Waals surface area contributed by atoms with Gasteiger partial charge in [0.1, 0.15) is 11.9 Å². The molecule has 1 aliphatic carbocycles. The van der Waals surface area contributed by atoms with Crippen molar-refractivity contribution in [3.63, 3.8) is 0 Å². The summed E-state index contributed by atoms with van der Waals surface area (Å²) in [6.07, 6.45) is 8.31. The lowest BCUT2D eigenvalue weighted by molar-refractivity contribution is -0.111. The van der Waals surface area contributed by atoms with Gasteiger partial charge >= 0.3 is 6.09 Å². The van der Waals surface area contributed by atoms with Crippen molar-refractivity contribution in [2.45, 2.75) is 58.1 Å². The Labute approximate surface area is 109 Å². The van der Waals surface area contributed by atoms with Crippen LogP contribution in [0, 0.1) is 5.92 Å². The third-order valence-corrected chi connectivity index (χ3v) is 2.82. The van der Waals surface area contributed by atoms with E-state index in [-0.39, 0.29) is 12.0 Å². The van der Waals surface area contributed by atoms with Crippen molar-refractivity contribution in [1.29, 1.82) is 0 Å². The highest BCUT2D eigenvalue weighted by Gasteiger charge is 2.24. The summed E-state index contributed by atoms with van der Waals surface area (Å²) >= 11 is 0. The van der Waals surface area contributed by atoms with E-state index in [0.717, 1.165) is 32.0 Å². The Morgan fingerprint density at radius 1 is 1.39 bits per heavy atom. The van der Waals surface area contributed by atoms with E-state index in [1.54, 1.807) is 0 Å². The minimum Gasteiger partial charge on any atom is -0.444 e. The molecule has 0 aromatic carbocycles. The molecule has 0 bridgehead atoms. The molecule has 0 saturated heterocycles. The van der Waals surface area contributed by atoms with Gasteiger partial charge in [0.2, 0.25) is 0 Å². The number of carbonyl (C=O) groups is 2. The summed E-state index contributed by atoms with van der Waals surface area (Å²) < 4.78 is 5.21. The van der Waals surface area contributed by atoms with Crippen LogP contribution in [0.5, 0.6) is 0 Å². The quantitative estimate of drug-likeness (QED) is 0.608. The van der Waals surface area contributed by atoms with Crippen LogP contribution in [0.15, 0.2) is 12.2 Å². The van der Waals surface area contributed by atoms with Gasteiger partial charge in [-0.25, -0.2) is 4.79 Å². The van der Waals surface area contributed by atoms with Crippen molar-refractivity contribution in [2.75, 3.05) is 0 Å². The molecule has 0 saturated carbocycles. The first-order chi connectivity index (χ1) is 8.42. The molecule has 0 aliphatic heterocycles. The second-order valence-corrected chi connectivity index (χ2v) is 5.68. The van der Waals surface area contributed by atoms with Gasteiger partial charge in [-0.1, -0.05) is 18.6 Å². The SMILES string of the molecule is CC(C)(C)OC(=O)N[C@H]1C=CCCCC[C@@H]1C=O. The molecule has 4 heteroatoms. The number of nitrogens with one attached hydrogen (secondary N) is 1. The fourth-order valence-electron chi connectivity index (χ4n) is 1.96. The summed E-state index contributed by atoms with van der Waals surface area (Å²) in [5.41, 5.74) is -0.522. The van der Waals surface area contributed by atoms with Crippen LogP contribution in [0.2, 0.25) is 0 Å². The highest BCUT2D eigenvalue weighted by atomic mass is 16.6. The minimum atomic E-state index is -0.522. The smallest absolute Gasteiger partial charge is 0.408 e. The Morgan fingerprint density at radius 2 is 2.11 bits per heavy atom. The number of allylic oxidation sites excluding steroid dienone is 1. The van der Waals surface area contributed by atoms with Crippen LogP contribution in [-0.4, -0.2) is 24.0 Å². The number of rotatable bonds is 2. The zero-order chi connectivity index (χ0) is 13.6. The summed E-state index contributed by atoms with van der Waals surface area (Å²) in [6.45, 7) is 5.45. The number of alkyl carbamates (subject to hydrolysis) is 1. The molecule has 18 heavy (non-hydrogen) atoms. The highest BCUT2D eigenvalue weighted by Crippen LogP contribution is 2.17. The molecule has 1 aliphatic rings. The maximum atomic E-state index is 11.7. The molecule has 1 N–H and O–H groups in total. The molecule has 0 aromatic heterocycles. The second-order valence-electron chi connectivity index (χ2n) is 5.68. The first kappa shape index (κ1) is 14.7. The topological polar surface area (TPSA) is 55.4 Å². The van der Waals surface area contributed by atoms with Gasteiger partial charge in [-0.2, -0.15) is 0 Å². The van der Waals surface area contributed by atoms with Crippen LogP contribution in [0.3, 0.4) is 0 Å². The van der Waals surface area contributed by atoms with Crippen LogP contribution in [0.25, 0.3) is 0 Å². The third-order valence-electron chi connectivity index (χ3n) is 2.82. The van der Waals surface area contributed by atoms with Gasteiger partial charge in [0, 0.05) is 5.92 Å². The van der Waals surface area contributed by atoms with E-state index in [9.17, 15) is 9.59 Å². The number of amides is 1. The molecular formula is C14H23NO3. The fraction of sp³-hybridized carbons (Fsp3) is 0.714. The average Bonchev–Trinajstić information content (AvgIpc) is 2.20. The summed E-state index contributed by atoms with van der Waals surface area (Å²) in [4.78, 5) is 22.8. The van der Waals surface area contributed by atoms with Gasteiger partial charge in [0.25, 0.3) is 0 Å². The van der Waals surface area contributed by atoms with Crippen LogP contribution in [-0.2, 0) is 9.53 Å². The van der Waals surface area contributed by atoms with Crippen molar-refractivity contribution in [3.8, 4) is 0 Å². The van der Waals surface area contributed by atoms with Crippen molar-refractivity contribution in [3.05, 3.63) is 12.2 Å². The van der Waals surface area contributed by atoms with Crippen LogP contribution < -0.4 is 5.32 Å². The molecule has 0 unspecified atom stereocenters. The van der Waals surface area contributed by atoms with Crippen molar-refractivity contribution < 1.29 is 14.3 Å². The van der Waals surface area contributed by atoms with E-state index in [1.807, 2.05) is 32.9 Å². The first-order valence-corrected chi connectivity index (χ1v) is 6.54. The number of hydrogen-bond donors (Lipinski definition) is 1. The summed E-state index contributed by atoms with van der Waals surface area (Å²) in [7, 11) is 0. The zero-order valence-corrected chi connectivity index (χ0v) is 11.4. The lowest BCUT2D eigenvalue weighted by Crippen LogP contribution is -2.42. The summed E-state index contributed by atoms with van der Waals surface area (Å²) in [6, 6.07) is -0.252. The predicted molar refractivity (Wildman–Crippen MR) is 70.3 cm³/mol. The lowest BCUT2D eigenvalue weighted by Gasteiger charge is -2.25. The Morgan fingerprint density at radius 3 is 2.72 bits per heavy atom. The lowest BCUT2D eigenvalue weighted by atomic mass is 9.92. The number of ether oxygens (including phenoxy) is 1. The molecule has 2 atom stereocenters. The average molecular weight is 253 g/mol. The number of hydrogen-bond acceptors (Lipinski definition) is 3. The molecule has 1 amide bonds. The van der Waals surface area contributed by atoms with Crippen molar-refractivity contribution in [2.24, 2.45) is 5.92 Å². The maximum Gasteiger partial charge on any atom is 0.408 e. The molecule has 102 valence electrons. The largest absolute Gasteiger partial charge is 0.444 e. The van der Waals surface area contributed by atoms with E-state index in [2.05, 4.69) is 5.32 Å². The Balaban J connectivity index is 2.62. The van der Waals surface area contributed by atoms with Gasteiger partial charge in [-0.3, -0.25) is 0 Å². The van der Waals surface area contributed by atoms with E-state index in [0.29, 0.717) is 0 Å². The van der Waals surface area contributed by atoms with E-state index in [1.165, 1.54) is 0 Å². The Bertz CT molecular complexity index is 317. The van der Waals surface area contributed by atoms with E-state index in [4.69, 9.17) is 4.74 Å². The molecule has 0 heterocycles. The summed E-state index contributed by atoms with van der Waals surface area (Å²) in [5, 5.41) is 2.76. The first-order valence-electron chi connectivity index (χ1n) is 6.54. The van der Waals surface area contributed by atoms with Crippen molar-refractivity contribution in [1.82, 2.24) is 5.32 Å². The number of aldehydes is 1. The Hall–Kier alpha value is -1.32. The van der Waals surface area contributed by atoms with Gasteiger partial charge in [0.15, 0.2) is 0 Å². The minimum absolute atomic E-state index is 0.158. The number of carbonyl (C=O) groups excluding carboxylic acids is 2. The second kappa shape index (κ2) is 6.57. The molecule has 1 rings (SSSR count). The van der Waals surface area contributed by atoms with E-state index >= 15 is 0 Å². The molecule has 4 nitrogen and oxygen atoms in total. The standard InChI is InChI=1S/C14H23NO3/c1-14(2,3)18-13(17)15-12-9-7-5-4-6-8-11(12)10-16/h7,9-12H,4-6,8H2,1-3H3,(H,15,17)/t11-,12+/m1/s1. The molecule has 0 spiro atoms.